The first-order valence-corrected chi connectivity index (χ1v) is 7.55. The number of benzene rings is 3. The summed E-state index contributed by atoms with van der Waals surface area (Å²) in [6.07, 6.45) is 0. The lowest BCUT2D eigenvalue weighted by molar-refractivity contribution is 0.279. The molecule has 0 bridgehead atoms. The SMILES string of the molecule is Oc1cc2c(c(O)c1O)Oc1c(O)c(O)c(O)c(Oc3ccccc3)c1O2. The Hall–Kier alpha value is -4.14. The lowest BCUT2D eigenvalue weighted by atomic mass is 10.2. The summed E-state index contributed by atoms with van der Waals surface area (Å²) in [6, 6.07) is 9.19. The summed E-state index contributed by atoms with van der Waals surface area (Å²) in [5.74, 6) is -6.51. The Labute approximate surface area is 151 Å². The van der Waals surface area contributed by atoms with Gasteiger partial charge in [0, 0.05) is 6.07 Å². The molecule has 0 fully saturated rings. The average molecular weight is 372 g/mol. The number of phenolic OH excluding ortho intramolecular Hbond substituents is 6. The highest BCUT2D eigenvalue weighted by Crippen LogP contribution is 2.64. The highest BCUT2D eigenvalue weighted by atomic mass is 16.6. The zero-order valence-corrected chi connectivity index (χ0v) is 13.4. The van der Waals surface area contributed by atoms with E-state index in [1.807, 2.05) is 0 Å². The maximum Gasteiger partial charge on any atom is 0.220 e. The minimum absolute atomic E-state index is 0.224. The van der Waals surface area contributed by atoms with Crippen molar-refractivity contribution in [3.8, 4) is 69.0 Å². The average Bonchev–Trinajstić information content (AvgIpc) is 2.68. The van der Waals surface area contributed by atoms with Gasteiger partial charge in [0.1, 0.15) is 5.75 Å². The van der Waals surface area contributed by atoms with E-state index in [4.69, 9.17) is 14.2 Å². The molecule has 0 radical (unpaired) electrons. The van der Waals surface area contributed by atoms with E-state index < -0.39 is 46.0 Å². The van der Waals surface area contributed by atoms with Crippen LogP contribution < -0.4 is 14.2 Å². The third-order valence-electron chi connectivity index (χ3n) is 3.84. The first kappa shape index (κ1) is 16.3. The summed E-state index contributed by atoms with van der Waals surface area (Å²) in [4.78, 5) is 0. The van der Waals surface area contributed by atoms with Gasteiger partial charge < -0.3 is 44.8 Å². The molecular formula is C18H12O9. The van der Waals surface area contributed by atoms with E-state index in [-0.39, 0.29) is 23.0 Å². The largest absolute Gasteiger partial charge is 0.504 e. The molecule has 6 N–H and O–H groups in total. The maximum absolute atomic E-state index is 10.2. The summed E-state index contributed by atoms with van der Waals surface area (Å²) in [5, 5.41) is 59.4. The number of fused-ring (bicyclic) bond motifs is 2. The number of rotatable bonds is 2. The Balaban J connectivity index is 1.90. The molecule has 0 saturated carbocycles. The molecule has 4 rings (SSSR count). The van der Waals surface area contributed by atoms with Crippen molar-refractivity contribution in [2.45, 2.75) is 0 Å². The van der Waals surface area contributed by atoms with Gasteiger partial charge in [0.25, 0.3) is 0 Å². The predicted molar refractivity (Wildman–Crippen MR) is 89.5 cm³/mol. The van der Waals surface area contributed by atoms with Crippen LogP contribution in [0.4, 0.5) is 0 Å². The van der Waals surface area contributed by atoms with Crippen LogP contribution in [0, 0.1) is 0 Å². The van der Waals surface area contributed by atoms with Crippen LogP contribution in [0.1, 0.15) is 0 Å². The third-order valence-corrected chi connectivity index (χ3v) is 3.84. The Bertz CT molecular complexity index is 1060. The van der Waals surface area contributed by atoms with Gasteiger partial charge in [0.2, 0.25) is 51.7 Å². The normalized spacial score (nSPS) is 11.7. The van der Waals surface area contributed by atoms with Crippen molar-refractivity contribution < 1.29 is 44.8 Å². The molecular weight excluding hydrogens is 360 g/mol. The van der Waals surface area contributed by atoms with Crippen molar-refractivity contribution in [2.24, 2.45) is 0 Å². The number of para-hydroxylation sites is 1. The van der Waals surface area contributed by atoms with E-state index >= 15 is 0 Å². The van der Waals surface area contributed by atoms with E-state index in [9.17, 15) is 30.6 Å². The molecule has 0 unspecified atom stereocenters. The van der Waals surface area contributed by atoms with E-state index in [1.165, 1.54) is 0 Å². The quantitative estimate of drug-likeness (QED) is 0.290. The molecule has 1 aliphatic rings. The van der Waals surface area contributed by atoms with Crippen LogP contribution >= 0.6 is 0 Å². The van der Waals surface area contributed by atoms with Gasteiger partial charge >= 0.3 is 0 Å². The van der Waals surface area contributed by atoms with Gasteiger partial charge in [-0.15, -0.1) is 0 Å². The van der Waals surface area contributed by atoms with E-state index in [0.717, 1.165) is 6.07 Å². The van der Waals surface area contributed by atoms with E-state index in [2.05, 4.69) is 0 Å². The van der Waals surface area contributed by atoms with Gasteiger partial charge in [0.15, 0.2) is 11.5 Å². The van der Waals surface area contributed by atoms with E-state index in [1.54, 1.807) is 30.3 Å². The van der Waals surface area contributed by atoms with Gasteiger partial charge in [-0.25, -0.2) is 0 Å². The molecule has 0 atom stereocenters. The fourth-order valence-electron chi connectivity index (χ4n) is 2.52. The lowest BCUT2D eigenvalue weighted by Gasteiger charge is -2.25. The van der Waals surface area contributed by atoms with Crippen molar-refractivity contribution in [1.29, 1.82) is 0 Å². The van der Waals surface area contributed by atoms with Crippen LogP contribution in [0.3, 0.4) is 0 Å². The fourth-order valence-corrected chi connectivity index (χ4v) is 2.52. The molecule has 0 aromatic heterocycles. The van der Waals surface area contributed by atoms with Crippen LogP contribution in [-0.2, 0) is 0 Å². The van der Waals surface area contributed by atoms with Crippen LogP contribution in [0.5, 0.6) is 69.0 Å². The molecule has 0 saturated heterocycles. The Morgan fingerprint density at radius 2 is 1.30 bits per heavy atom. The smallest absolute Gasteiger partial charge is 0.220 e. The molecule has 27 heavy (non-hydrogen) atoms. The third kappa shape index (κ3) is 2.41. The number of hydrogen-bond donors (Lipinski definition) is 6. The van der Waals surface area contributed by atoms with E-state index in [0.29, 0.717) is 0 Å². The standard InChI is InChI=1S/C18H12O9/c19-8-6-9-15(12(22)10(8)20)27-17-14(24)11(21)13(23)16(18(17)26-9)25-7-4-2-1-3-5-7/h1-6,19-24H. The fraction of sp³-hybridized carbons (Fsp3) is 0. The zero-order valence-electron chi connectivity index (χ0n) is 13.4. The molecule has 138 valence electrons. The Morgan fingerprint density at radius 1 is 0.630 bits per heavy atom. The summed E-state index contributed by atoms with van der Waals surface area (Å²) < 4.78 is 16.4. The van der Waals surface area contributed by atoms with Crippen molar-refractivity contribution in [3.05, 3.63) is 36.4 Å². The number of aromatic hydroxyl groups is 6. The number of ether oxygens (including phenoxy) is 3. The second-order valence-corrected chi connectivity index (χ2v) is 5.57. The van der Waals surface area contributed by atoms with Gasteiger partial charge in [-0.2, -0.15) is 0 Å². The zero-order chi connectivity index (χ0) is 19.3. The molecule has 0 amide bonds. The monoisotopic (exact) mass is 372 g/mol. The summed E-state index contributed by atoms with van der Waals surface area (Å²) in [6.45, 7) is 0. The summed E-state index contributed by atoms with van der Waals surface area (Å²) >= 11 is 0. The second-order valence-electron chi connectivity index (χ2n) is 5.57. The van der Waals surface area contributed by atoms with Crippen LogP contribution in [0.2, 0.25) is 0 Å². The molecule has 1 heterocycles. The summed E-state index contributed by atoms with van der Waals surface area (Å²) in [5.41, 5.74) is 0. The molecule has 3 aromatic carbocycles. The molecule has 9 heteroatoms. The van der Waals surface area contributed by atoms with Crippen molar-refractivity contribution in [2.75, 3.05) is 0 Å². The topological polar surface area (TPSA) is 149 Å². The molecule has 3 aromatic rings. The highest BCUT2D eigenvalue weighted by molar-refractivity contribution is 5.77. The van der Waals surface area contributed by atoms with Gasteiger partial charge in [-0.3, -0.25) is 0 Å². The highest BCUT2D eigenvalue weighted by Gasteiger charge is 2.35. The van der Waals surface area contributed by atoms with Crippen LogP contribution in [0.15, 0.2) is 36.4 Å². The number of hydrogen-bond acceptors (Lipinski definition) is 9. The number of phenols is 6. The van der Waals surface area contributed by atoms with Crippen molar-refractivity contribution in [1.82, 2.24) is 0 Å². The molecule has 0 spiro atoms. The first-order valence-electron chi connectivity index (χ1n) is 7.55. The lowest BCUT2D eigenvalue weighted by Crippen LogP contribution is -2.02. The van der Waals surface area contributed by atoms with Gasteiger partial charge in [0.05, 0.1) is 0 Å². The molecule has 0 aliphatic carbocycles. The van der Waals surface area contributed by atoms with Crippen LogP contribution in [-0.4, -0.2) is 30.6 Å². The molecule has 9 nitrogen and oxygen atoms in total. The Morgan fingerprint density at radius 3 is 2.00 bits per heavy atom. The maximum atomic E-state index is 10.2. The minimum atomic E-state index is -0.936. The van der Waals surface area contributed by atoms with Crippen molar-refractivity contribution in [3.63, 3.8) is 0 Å². The summed E-state index contributed by atoms with van der Waals surface area (Å²) in [7, 11) is 0. The second kappa shape index (κ2) is 5.70. The van der Waals surface area contributed by atoms with Crippen LogP contribution in [0.25, 0.3) is 0 Å². The first-order chi connectivity index (χ1) is 12.9. The molecule has 1 aliphatic heterocycles. The minimum Gasteiger partial charge on any atom is -0.504 e. The van der Waals surface area contributed by atoms with Gasteiger partial charge in [-0.1, -0.05) is 18.2 Å². The van der Waals surface area contributed by atoms with Gasteiger partial charge in [-0.05, 0) is 12.1 Å². The Kier molecular flexibility index (Phi) is 3.45. The predicted octanol–water partition coefficient (Wildman–Crippen LogP) is 3.61. The van der Waals surface area contributed by atoms with Crippen molar-refractivity contribution >= 4 is 0 Å².